The van der Waals surface area contributed by atoms with Gasteiger partial charge >= 0.3 is 12.3 Å². The van der Waals surface area contributed by atoms with Crippen LogP contribution in [0.4, 0.5) is 13.2 Å². The van der Waals surface area contributed by atoms with Crippen LogP contribution in [0.15, 0.2) is 12.1 Å². The Labute approximate surface area is 93.4 Å². The summed E-state index contributed by atoms with van der Waals surface area (Å²) in [6.07, 6.45) is -4.96. The summed E-state index contributed by atoms with van der Waals surface area (Å²) in [6, 6.07) is 2.06. The van der Waals surface area contributed by atoms with E-state index >= 15 is 0 Å². The Morgan fingerprint density at radius 2 is 2.00 bits per heavy atom. The number of carboxylic acid groups (broad SMARTS) is 1. The van der Waals surface area contributed by atoms with E-state index < -0.39 is 23.6 Å². The van der Waals surface area contributed by atoms with E-state index in [-0.39, 0.29) is 10.6 Å². The van der Waals surface area contributed by atoms with Gasteiger partial charge in [-0.25, -0.2) is 4.79 Å². The summed E-state index contributed by atoms with van der Waals surface area (Å²) < 4.78 is 39.6. The van der Waals surface area contributed by atoms with Crippen LogP contribution in [0.2, 0.25) is 5.02 Å². The maximum atomic E-state index is 12.0. The number of hydrogen-bond donors (Lipinski definition) is 1. The number of aromatic carboxylic acids is 1. The zero-order valence-corrected chi connectivity index (χ0v) is 8.69. The Kier molecular flexibility index (Phi) is 3.32. The predicted molar refractivity (Wildman–Crippen MR) is 49.8 cm³/mol. The zero-order chi connectivity index (χ0) is 12.5. The van der Waals surface area contributed by atoms with E-state index in [1.54, 1.807) is 0 Å². The molecule has 0 atom stereocenters. The lowest BCUT2D eigenvalue weighted by Crippen LogP contribution is -2.19. The minimum absolute atomic E-state index is 0.0262. The molecule has 3 nitrogen and oxygen atoms in total. The van der Waals surface area contributed by atoms with Gasteiger partial charge < -0.3 is 9.84 Å². The van der Waals surface area contributed by atoms with Gasteiger partial charge in [-0.3, -0.25) is 0 Å². The van der Waals surface area contributed by atoms with Crippen LogP contribution in [0.3, 0.4) is 0 Å². The molecule has 7 heteroatoms. The first-order chi connectivity index (χ1) is 7.20. The molecule has 0 fully saturated rings. The van der Waals surface area contributed by atoms with E-state index in [0.717, 1.165) is 6.07 Å². The molecule has 0 unspecified atom stereocenters. The average molecular weight is 255 g/mol. The fourth-order valence-corrected chi connectivity index (χ4v) is 1.45. The van der Waals surface area contributed by atoms with Gasteiger partial charge in [-0.1, -0.05) is 11.6 Å². The molecule has 0 saturated heterocycles. The normalized spacial score (nSPS) is 11.3. The molecule has 1 aromatic carbocycles. The SMILES string of the molecule is Cc1cc(Cl)cc(OC(F)(F)F)c1C(=O)O. The maximum absolute atomic E-state index is 12.0. The van der Waals surface area contributed by atoms with Crippen molar-refractivity contribution in [3.8, 4) is 5.75 Å². The Hall–Kier alpha value is -1.43. The van der Waals surface area contributed by atoms with Gasteiger partial charge in [-0.2, -0.15) is 0 Å². The molecule has 1 N–H and O–H groups in total. The summed E-state index contributed by atoms with van der Waals surface area (Å²) in [5.41, 5.74) is -0.457. The number of rotatable bonds is 2. The minimum atomic E-state index is -4.96. The summed E-state index contributed by atoms with van der Waals surface area (Å²) in [5.74, 6) is -2.32. The van der Waals surface area contributed by atoms with Crippen LogP contribution in [0.25, 0.3) is 0 Å². The Balaban J connectivity index is 3.30. The lowest BCUT2D eigenvalue weighted by Gasteiger charge is -2.13. The third kappa shape index (κ3) is 3.03. The molecular weight excluding hydrogens is 249 g/mol. The van der Waals surface area contributed by atoms with Crippen LogP contribution >= 0.6 is 11.6 Å². The number of carboxylic acids is 1. The number of benzene rings is 1. The predicted octanol–water partition coefficient (Wildman–Crippen LogP) is 3.25. The lowest BCUT2D eigenvalue weighted by molar-refractivity contribution is -0.274. The molecule has 1 aromatic rings. The summed E-state index contributed by atoms with van der Waals surface area (Å²) in [5, 5.41) is 8.72. The fraction of sp³-hybridized carbons (Fsp3) is 0.222. The third-order valence-electron chi connectivity index (χ3n) is 1.70. The smallest absolute Gasteiger partial charge is 0.478 e. The second kappa shape index (κ2) is 4.21. The molecule has 16 heavy (non-hydrogen) atoms. The number of ether oxygens (including phenoxy) is 1. The fourth-order valence-electron chi connectivity index (χ4n) is 1.19. The van der Waals surface area contributed by atoms with Gasteiger partial charge in [0.1, 0.15) is 11.3 Å². The molecule has 0 aliphatic rings. The molecule has 0 aliphatic heterocycles. The second-order valence-corrected chi connectivity index (χ2v) is 3.39. The van der Waals surface area contributed by atoms with Crippen molar-refractivity contribution in [1.82, 2.24) is 0 Å². The third-order valence-corrected chi connectivity index (χ3v) is 1.92. The molecule has 0 radical (unpaired) electrons. The van der Waals surface area contributed by atoms with Crippen molar-refractivity contribution >= 4 is 17.6 Å². The highest BCUT2D eigenvalue weighted by atomic mass is 35.5. The number of halogens is 4. The van der Waals surface area contributed by atoms with Gasteiger partial charge in [-0.05, 0) is 18.6 Å². The number of aryl methyl sites for hydroxylation is 1. The van der Waals surface area contributed by atoms with E-state index in [1.165, 1.54) is 13.0 Å². The van der Waals surface area contributed by atoms with Gasteiger partial charge in [0, 0.05) is 11.1 Å². The summed E-state index contributed by atoms with van der Waals surface area (Å²) in [6.45, 7) is 1.33. The van der Waals surface area contributed by atoms with Crippen molar-refractivity contribution in [1.29, 1.82) is 0 Å². The maximum Gasteiger partial charge on any atom is 0.573 e. The molecule has 0 heterocycles. The molecule has 88 valence electrons. The van der Waals surface area contributed by atoms with Gasteiger partial charge in [0.05, 0.1) is 0 Å². The first-order valence-corrected chi connectivity index (χ1v) is 4.37. The largest absolute Gasteiger partial charge is 0.573 e. The van der Waals surface area contributed by atoms with Crippen LogP contribution in [-0.4, -0.2) is 17.4 Å². The highest BCUT2D eigenvalue weighted by Crippen LogP contribution is 2.31. The highest BCUT2D eigenvalue weighted by Gasteiger charge is 2.33. The van der Waals surface area contributed by atoms with E-state index in [0.29, 0.717) is 0 Å². The Morgan fingerprint density at radius 3 is 2.44 bits per heavy atom. The average Bonchev–Trinajstić information content (AvgIpc) is 1.96. The molecule has 0 aromatic heterocycles. The van der Waals surface area contributed by atoms with Crippen LogP contribution in [0.5, 0.6) is 5.75 Å². The van der Waals surface area contributed by atoms with Crippen LogP contribution in [-0.2, 0) is 0 Å². The van der Waals surface area contributed by atoms with E-state index in [9.17, 15) is 18.0 Å². The zero-order valence-electron chi connectivity index (χ0n) is 7.93. The quantitative estimate of drug-likeness (QED) is 0.881. The van der Waals surface area contributed by atoms with Gasteiger partial charge in [0.2, 0.25) is 0 Å². The first kappa shape index (κ1) is 12.6. The first-order valence-electron chi connectivity index (χ1n) is 4.00. The summed E-state index contributed by atoms with van der Waals surface area (Å²) >= 11 is 5.52. The highest BCUT2D eigenvalue weighted by molar-refractivity contribution is 6.31. The van der Waals surface area contributed by atoms with Crippen LogP contribution in [0, 0.1) is 6.92 Å². The number of carbonyl (C=O) groups is 1. The van der Waals surface area contributed by atoms with Crippen molar-refractivity contribution < 1.29 is 27.8 Å². The van der Waals surface area contributed by atoms with Gasteiger partial charge in [-0.15, -0.1) is 13.2 Å². The summed E-state index contributed by atoms with van der Waals surface area (Å²) in [7, 11) is 0. The monoisotopic (exact) mass is 254 g/mol. The minimum Gasteiger partial charge on any atom is -0.478 e. The molecule has 1 rings (SSSR count). The molecule has 0 aliphatic carbocycles. The topological polar surface area (TPSA) is 46.5 Å². The Morgan fingerprint density at radius 1 is 1.44 bits per heavy atom. The van der Waals surface area contributed by atoms with E-state index in [1.807, 2.05) is 0 Å². The van der Waals surface area contributed by atoms with Gasteiger partial charge in [0.15, 0.2) is 0 Å². The molecule has 0 saturated carbocycles. The van der Waals surface area contributed by atoms with Crippen molar-refractivity contribution in [3.63, 3.8) is 0 Å². The van der Waals surface area contributed by atoms with Crippen molar-refractivity contribution in [2.45, 2.75) is 13.3 Å². The standard InChI is InChI=1S/C9H6ClF3O3/c1-4-2-5(10)3-6(7(4)8(14)15)16-9(11,12)13/h2-3H,1H3,(H,14,15). The van der Waals surface area contributed by atoms with E-state index in [4.69, 9.17) is 16.7 Å². The molecule has 0 spiro atoms. The van der Waals surface area contributed by atoms with Crippen molar-refractivity contribution in [3.05, 3.63) is 28.3 Å². The van der Waals surface area contributed by atoms with Gasteiger partial charge in [0.25, 0.3) is 0 Å². The van der Waals surface area contributed by atoms with E-state index in [2.05, 4.69) is 4.74 Å². The number of hydrogen-bond acceptors (Lipinski definition) is 2. The molecule has 0 bridgehead atoms. The lowest BCUT2D eigenvalue weighted by atomic mass is 10.1. The van der Waals surface area contributed by atoms with Crippen LogP contribution in [0.1, 0.15) is 15.9 Å². The Bertz CT molecular complexity index is 429. The number of alkyl halides is 3. The molecular formula is C9H6ClF3O3. The summed E-state index contributed by atoms with van der Waals surface area (Å²) in [4.78, 5) is 10.7. The second-order valence-electron chi connectivity index (χ2n) is 2.95. The molecule has 0 amide bonds. The van der Waals surface area contributed by atoms with Crippen molar-refractivity contribution in [2.75, 3.05) is 0 Å². The van der Waals surface area contributed by atoms with Crippen LogP contribution < -0.4 is 4.74 Å². The van der Waals surface area contributed by atoms with Crippen molar-refractivity contribution in [2.24, 2.45) is 0 Å².